The summed E-state index contributed by atoms with van der Waals surface area (Å²) in [4.78, 5) is 14.6. The molecule has 13 aromatic rings. The number of hydrogen-bond acceptors (Lipinski definition) is 6. The van der Waals surface area contributed by atoms with Gasteiger partial charge < -0.3 is 0 Å². The molecule has 2 aromatic heterocycles. The van der Waals surface area contributed by atoms with Crippen LogP contribution in [0.4, 0.5) is 33.0 Å². The molecule has 0 bridgehead atoms. The van der Waals surface area contributed by atoms with E-state index in [4.69, 9.17) is 9.97 Å². The Bertz CT molecular complexity index is 3830. The molecule has 0 amide bonds. The SMILES string of the molecule is C(=C\c1ccc2c(-c3ccccc3)c(-c3ccccc3)c3ccc(/C=C/c4ccc(N(c5ccccc5)c5nc6ccccc6s5)cc4)cc3c2c1)/c1ccc(N(c2ccccc2)c2nc3ccccc3s2)cc1. The van der Waals surface area contributed by atoms with Crippen LogP contribution in [0, 0.1) is 0 Å². The van der Waals surface area contributed by atoms with Crippen molar-refractivity contribution in [2.24, 2.45) is 0 Å². The molecule has 11 aromatic carbocycles. The molecule has 0 atom stereocenters. The summed E-state index contributed by atoms with van der Waals surface area (Å²) in [6.07, 6.45) is 8.90. The fraction of sp³-hybridized carbons (Fsp3) is 0. The topological polar surface area (TPSA) is 32.3 Å². The first-order chi connectivity index (χ1) is 36.7. The van der Waals surface area contributed by atoms with Crippen LogP contribution in [-0.2, 0) is 0 Å². The first-order valence-electron chi connectivity index (χ1n) is 24.8. The molecule has 0 aliphatic heterocycles. The van der Waals surface area contributed by atoms with Crippen molar-refractivity contribution >= 4 is 122 Å². The van der Waals surface area contributed by atoms with Crippen LogP contribution in [0.1, 0.15) is 22.3 Å². The second-order valence-electron chi connectivity index (χ2n) is 18.2. The summed E-state index contributed by atoms with van der Waals surface area (Å²) in [6.45, 7) is 0. The van der Waals surface area contributed by atoms with Crippen molar-refractivity contribution in [1.82, 2.24) is 9.97 Å². The van der Waals surface area contributed by atoms with Crippen LogP contribution >= 0.6 is 22.7 Å². The van der Waals surface area contributed by atoms with Crippen LogP contribution in [-0.4, -0.2) is 9.97 Å². The van der Waals surface area contributed by atoms with E-state index in [0.29, 0.717) is 0 Å². The summed E-state index contributed by atoms with van der Waals surface area (Å²) in [5.41, 5.74) is 15.6. The summed E-state index contributed by atoms with van der Waals surface area (Å²) < 4.78 is 2.34. The van der Waals surface area contributed by atoms with E-state index >= 15 is 0 Å². The van der Waals surface area contributed by atoms with Crippen molar-refractivity contribution in [3.63, 3.8) is 0 Å². The Kier molecular flexibility index (Phi) is 12.0. The smallest absolute Gasteiger partial charge is 0.195 e. The molecular weight excluding hydrogens is 937 g/mol. The number of thiazole rings is 2. The summed E-state index contributed by atoms with van der Waals surface area (Å²) in [7, 11) is 0. The molecule has 0 aliphatic rings. The fourth-order valence-corrected chi connectivity index (χ4v) is 12.0. The van der Waals surface area contributed by atoms with Crippen molar-refractivity contribution in [3.8, 4) is 22.3 Å². The van der Waals surface area contributed by atoms with Crippen LogP contribution in [0.3, 0.4) is 0 Å². The Hall–Kier alpha value is -9.20. The molecular formula is C68H46N4S2. The molecule has 0 radical (unpaired) electrons. The number of para-hydroxylation sites is 4. The molecule has 2 heterocycles. The van der Waals surface area contributed by atoms with Crippen molar-refractivity contribution < 1.29 is 0 Å². The molecule has 6 heteroatoms. The molecule has 74 heavy (non-hydrogen) atoms. The van der Waals surface area contributed by atoms with E-state index in [0.717, 1.165) is 66.3 Å². The van der Waals surface area contributed by atoms with Gasteiger partial charge in [-0.05, 0) is 151 Å². The van der Waals surface area contributed by atoms with Crippen LogP contribution in [0.25, 0.3) is 88.5 Å². The molecule has 0 saturated heterocycles. The van der Waals surface area contributed by atoms with E-state index in [2.05, 4.69) is 277 Å². The van der Waals surface area contributed by atoms with Gasteiger partial charge in [-0.2, -0.15) is 0 Å². The Morgan fingerprint density at radius 2 is 0.608 bits per heavy atom. The second kappa shape index (κ2) is 19.8. The van der Waals surface area contributed by atoms with Gasteiger partial charge in [0, 0.05) is 22.7 Å². The number of nitrogens with zero attached hydrogens (tertiary/aromatic N) is 4. The fourth-order valence-electron chi connectivity index (χ4n) is 9.95. The highest BCUT2D eigenvalue weighted by Gasteiger charge is 2.20. The Labute approximate surface area is 438 Å². The summed E-state index contributed by atoms with van der Waals surface area (Å²) in [6, 6.07) is 90.8. The monoisotopic (exact) mass is 982 g/mol. The molecule has 13 rings (SSSR count). The van der Waals surface area contributed by atoms with Crippen LogP contribution in [0.2, 0.25) is 0 Å². The van der Waals surface area contributed by atoms with Gasteiger partial charge in [0.05, 0.1) is 20.4 Å². The van der Waals surface area contributed by atoms with Crippen molar-refractivity contribution in [2.75, 3.05) is 9.80 Å². The van der Waals surface area contributed by atoms with Gasteiger partial charge in [0.15, 0.2) is 10.3 Å². The van der Waals surface area contributed by atoms with Gasteiger partial charge in [-0.25, -0.2) is 9.97 Å². The van der Waals surface area contributed by atoms with Gasteiger partial charge in [-0.3, -0.25) is 9.80 Å². The van der Waals surface area contributed by atoms with E-state index < -0.39 is 0 Å². The maximum Gasteiger partial charge on any atom is 0.195 e. The first kappa shape index (κ1) is 44.7. The molecule has 0 saturated carbocycles. The lowest BCUT2D eigenvalue weighted by Gasteiger charge is -2.22. The van der Waals surface area contributed by atoms with E-state index in [1.165, 1.54) is 53.2 Å². The Morgan fingerprint density at radius 1 is 0.284 bits per heavy atom. The highest BCUT2D eigenvalue weighted by atomic mass is 32.1. The standard InChI is InChI=1S/C68H46N4S2/c1-5-17-51(18-6-1)65-57-43-37-49(31-29-47-33-39-55(40-34-47)71(53-21-9-3-10-22-53)67-69-61-25-13-15-27-63(61)73-67)45-59(57)60-46-50(38-44-58(60)66(65)52-19-7-2-8-20-52)32-30-48-35-41-56(42-36-48)72(54-23-11-4-12-24-54)68-70-62-26-14-16-28-64(62)74-68/h1-46H/b31-29+,32-30+. The Morgan fingerprint density at radius 3 is 1.00 bits per heavy atom. The normalized spacial score (nSPS) is 11.7. The lowest BCUT2D eigenvalue weighted by atomic mass is 9.84. The third kappa shape index (κ3) is 8.83. The zero-order valence-electron chi connectivity index (χ0n) is 40.2. The van der Waals surface area contributed by atoms with Crippen molar-refractivity contribution in [1.29, 1.82) is 0 Å². The number of aromatic nitrogens is 2. The predicted molar refractivity (Wildman–Crippen MR) is 319 cm³/mol. The van der Waals surface area contributed by atoms with Crippen LogP contribution in [0.5, 0.6) is 0 Å². The van der Waals surface area contributed by atoms with Gasteiger partial charge in [0.1, 0.15) is 0 Å². The highest BCUT2D eigenvalue weighted by molar-refractivity contribution is 7.22. The number of hydrogen-bond donors (Lipinski definition) is 0. The van der Waals surface area contributed by atoms with Gasteiger partial charge in [-0.15, -0.1) is 0 Å². The van der Waals surface area contributed by atoms with Gasteiger partial charge in [0.25, 0.3) is 0 Å². The van der Waals surface area contributed by atoms with Crippen LogP contribution in [0.15, 0.2) is 255 Å². The summed E-state index contributed by atoms with van der Waals surface area (Å²) in [5, 5.41) is 6.73. The number of fused-ring (bicyclic) bond motifs is 5. The minimum Gasteiger partial charge on any atom is -0.286 e. The molecule has 0 spiro atoms. The summed E-state index contributed by atoms with van der Waals surface area (Å²) in [5.74, 6) is 0. The van der Waals surface area contributed by atoms with E-state index in [-0.39, 0.29) is 0 Å². The Balaban J connectivity index is 0.867. The van der Waals surface area contributed by atoms with E-state index in [9.17, 15) is 0 Å². The number of rotatable bonds is 12. The predicted octanol–water partition coefficient (Wildman–Crippen LogP) is 19.8. The molecule has 0 unspecified atom stereocenters. The zero-order chi connectivity index (χ0) is 49.2. The van der Waals surface area contributed by atoms with Gasteiger partial charge >= 0.3 is 0 Å². The molecule has 0 N–H and O–H groups in total. The van der Waals surface area contributed by atoms with Crippen LogP contribution < -0.4 is 9.80 Å². The molecule has 0 aliphatic carbocycles. The highest BCUT2D eigenvalue weighted by Crippen LogP contribution is 2.46. The lowest BCUT2D eigenvalue weighted by molar-refractivity contribution is 1.25. The minimum atomic E-state index is 0.940. The number of anilines is 6. The maximum atomic E-state index is 5.04. The third-order valence-electron chi connectivity index (χ3n) is 13.5. The average Bonchev–Trinajstić information content (AvgIpc) is 4.10. The quantitative estimate of drug-likeness (QED) is 0.0902. The lowest BCUT2D eigenvalue weighted by Crippen LogP contribution is -2.09. The third-order valence-corrected chi connectivity index (χ3v) is 15.5. The minimum absolute atomic E-state index is 0.940. The molecule has 4 nitrogen and oxygen atoms in total. The molecule has 350 valence electrons. The van der Waals surface area contributed by atoms with Gasteiger partial charge in [0.2, 0.25) is 0 Å². The van der Waals surface area contributed by atoms with Gasteiger partial charge in [-0.1, -0.05) is 217 Å². The first-order valence-corrected chi connectivity index (χ1v) is 26.4. The summed E-state index contributed by atoms with van der Waals surface area (Å²) >= 11 is 3.41. The van der Waals surface area contributed by atoms with E-state index in [1.54, 1.807) is 22.7 Å². The molecule has 0 fully saturated rings. The number of benzene rings is 11. The zero-order valence-corrected chi connectivity index (χ0v) is 41.8. The maximum absolute atomic E-state index is 5.04. The van der Waals surface area contributed by atoms with E-state index in [1.807, 2.05) is 12.1 Å². The van der Waals surface area contributed by atoms with Crippen molar-refractivity contribution in [2.45, 2.75) is 0 Å². The largest absolute Gasteiger partial charge is 0.286 e. The van der Waals surface area contributed by atoms with Crippen molar-refractivity contribution in [3.05, 3.63) is 277 Å². The second-order valence-corrected chi connectivity index (χ2v) is 20.2. The average molecular weight is 983 g/mol.